The van der Waals surface area contributed by atoms with E-state index in [1.165, 1.54) is 22.3 Å². The predicted molar refractivity (Wildman–Crippen MR) is 300 cm³/mol. The number of hydrogen-bond donors (Lipinski definition) is 0. The zero-order valence-corrected chi connectivity index (χ0v) is 45.4. The van der Waals surface area contributed by atoms with Crippen molar-refractivity contribution in [3.8, 4) is 45.6 Å². The number of hydrogen-bond acceptors (Lipinski definition) is 7. The van der Waals surface area contributed by atoms with Gasteiger partial charge in [-0.2, -0.15) is 0 Å². The molecular weight excluding hydrogens is 948 g/mol. The van der Waals surface area contributed by atoms with Crippen LogP contribution in [0.4, 0.5) is 0 Å². The third-order valence-electron chi connectivity index (χ3n) is 15.0. The van der Waals surface area contributed by atoms with Crippen LogP contribution in [0.3, 0.4) is 0 Å². The van der Waals surface area contributed by atoms with Gasteiger partial charge in [0.1, 0.15) is 0 Å². The number of benzene rings is 8. The van der Waals surface area contributed by atoms with Crippen LogP contribution < -0.4 is 9.97 Å². The first-order valence-electron chi connectivity index (χ1n) is 25.3. The van der Waals surface area contributed by atoms with Crippen LogP contribution in [0.25, 0.3) is 133 Å². The van der Waals surface area contributed by atoms with Gasteiger partial charge in [0.25, 0.3) is 0 Å². The quantitative estimate of drug-likeness (QED) is 0.146. The van der Waals surface area contributed by atoms with E-state index in [2.05, 4.69) is 204 Å². The van der Waals surface area contributed by atoms with Crippen molar-refractivity contribution < 1.29 is 21.0 Å². The van der Waals surface area contributed by atoms with E-state index in [4.69, 9.17) is 43.5 Å². The number of rotatable bonds is 0. The third-order valence-corrected chi connectivity index (χ3v) is 15.0. The Hall–Kier alpha value is -7.46. The van der Waals surface area contributed by atoms with Crippen molar-refractivity contribution in [2.45, 2.75) is 105 Å². The SMILES string of the molecule is CC(C)(C)c1ccc2cc3c(cc2c1)-c1nc-3nc2[n-]c(nc3nc(nc4[n-]c(n1)c1cc5ccc(C(C)(C)C)cc5cc41)-c1cc4ccc(C(C)(C)C)cc4cc1-3)c1cc3ccc(C(C)(C)C)cc3cc21.[O]=[V+2]. The van der Waals surface area contributed by atoms with Gasteiger partial charge in [0.15, 0.2) is 0 Å². The number of nitrogens with zero attached hydrogens (tertiary/aromatic N) is 8. The Morgan fingerprint density at radius 3 is 0.757 bits per heavy atom. The fourth-order valence-corrected chi connectivity index (χ4v) is 10.5. The molecule has 10 heteroatoms. The summed E-state index contributed by atoms with van der Waals surface area (Å²) < 4.78 is 8.19. The molecule has 2 aliphatic rings. The van der Waals surface area contributed by atoms with Crippen LogP contribution in [-0.2, 0) is 42.7 Å². The van der Waals surface area contributed by atoms with Gasteiger partial charge in [-0.1, -0.05) is 156 Å². The van der Waals surface area contributed by atoms with Gasteiger partial charge >= 0.3 is 21.0 Å². The summed E-state index contributed by atoms with van der Waals surface area (Å²) in [6.07, 6.45) is 0. The van der Waals surface area contributed by atoms with Gasteiger partial charge in [0.05, 0.1) is 23.3 Å². The molecule has 11 aromatic rings. The summed E-state index contributed by atoms with van der Waals surface area (Å²) in [4.78, 5) is 43.0. The molecule has 0 N–H and O–H groups in total. The molecule has 2 aliphatic heterocycles. The van der Waals surface area contributed by atoms with Crippen molar-refractivity contribution in [1.82, 2.24) is 39.9 Å². The van der Waals surface area contributed by atoms with Gasteiger partial charge in [0, 0.05) is 44.8 Å². The van der Waals surface area contributed by atoms with Crippen molar-refractivity contribution in [3.05, 3.63) is 144 Å². The molecule has 0 radical (unpaired) electrons. The van der Waals surface area contributed by atoms with Crippen molar-refractivity contribution in [2.75, 3.05) is 0 Å². The second-order valence-electron chi connectivity index (χ2n) is 24.3. The molecule has 0 unspecified atom stereocenters. The van der Waals surface area contributed by atoms with E-state index in [1.54, 1.807) is 0 Å². The van der Waals surface area contributed by atoms with E-state index in [1.807, 2.05) is 0 Å². The topological polar surface area (TPSA) is 123 Å². The van der Waals surface area contributed by atoms with Crippen LogP contribution in [-0.4, -0.2) is 29.9 Å². The first-order valence-corrected chi connectivity index (χ1v) is 25.9. The summed E-state index contributed by atoms with van der Waals surface area (Å²) >= 11 is 1.06. The molecule has 13 rings (SSSR count). The minimum atomic E-state index is -0.0320. The molecule has 8 bridgehead atoms. The van der Waals surface area contributed by atoms with Gasteiger partial charge in [-0.25, -0.2) is 9.97 Å². The molecule has 0 spiro atoms. The maximum atomic E-state index is 8.19. The molecular formula is C64H56N8OV. The Morgan fingerprint density at radius 2 is 0.500 bits per heavy atom. The van der Waals surface area contributed by atoms with Crippen LogP contribution in [0.2, 0.25) is 0 Å². The predicted octanol–water partition coefficient (Wildman–Crippen LogP) is 15.8. The average molecular weight is 1000 g/mol. The van der Waals surface area contributed by atoms with Gasteiger partial charge in [0.2, 0.25) is 0 Å². The van der Waals surface area contributed by atoms with Crippen LogP contribution >= 0.6 is 0 Å². The summed E-state index contributed by atoms with van der Waals surface area (Å²) in [6.45, 7) is 27.0. The summed E-state index contributed by atoms with van der Waals surface area (Å²) in [5, 5.41) is 12.4. The minimum absolute atomic E-state index is 0.0320. The molecule has 0 amide bonds. The molecule has 5 heterocycles. The standard InChI is InChI=1S/C64H56N8.O.V/c1-61(2,3)41-17-13-33-25-45-49(29-37(33)21-41)57-65-53(45)70-58-51-31-39-23-43(63(7,8)9)19-15-35(39)27-47(51)55(67-58)72-60-52-32-40-24-44(64(10,11)12)20-16-36(40)28-48(52)56(68-60)71-59-50-30-38-22-42(62(4,5)6)18-14-34(38)26-46(50)54(66-59)69-57;;/h13-32H,1-12H3;;/q-2;;+2. The molecule has 3 aromatic heterocycles. The Kier molecular flexibility index (Phi) is 10.6. The summed E-state index contributed by atoms with van der Waals surface area (Å²) in [5.41, 5.74) is 10.6. The zero-order chi connectivity index (χ0) is 52.0. The monoisotopic (exact) mass is 1000 g/mol. The fourth-order valence-electron chi connectivity index (χ4n) is 10.5. The van der Waals surface area contributed by atoms with Crippen LogP contribution in [0.1, 0.15) is 105 Å². The zero-order valence-electron chi connectivity index (χ0n) is 44.0. The van der Waals surface area contributed by atoms with E-state index in [-0.39, 0.29) is 21.7 Å². The third kappa shape index (κ3) is 8.00. The number of fused-ring (bicyclic) bond motifs is 24. The average Bonchev–Trinajstić information content (AvgIpc) is 4.07. The summed E-state index contributed by atoms with van der Waals surface area (Å²) in [5.74, 6) is 2.14. The van der Waals surface area contributed by atoms with E-state index in [9.17, 15) is 0 Å². The molecule has 0 aliphatic carbocycles. The molecule has 0 saturated heterocycles. The van der Waals surface area contributed by atoms with Crippen LogP contribution in [0.15, 0.2) is 121 Å². The van der Waals surface area contributed by atoms with E-state index in [0.29, 0.717) is 45.9 Å². The number of aromatic nitrogens is 8. The van der Waals surface area contributed by atoms with E-state index in [0.717, 1.165) is 104 Å². The summed E-state index contributed by atoms with van der Waals surface area (Å²) in [6, 6.07) is 44.6. The van der Waals surface area contributed by atoms with Gasteiger partial charge < -0.3 is 29.9 Å². The van der Waals surface area contributed by atoms with Gasteiger partial charge in [-0.05, 0) is 157 Å². The van der Waals surface area contributed by atoms with Crippen molar-refractivity contribution in [2.24, 2.45) is 0 Å². The van der Waals surface area contributed by atoms with Crippen molar-refractivity contribution >= 4 is 87.2 Å². The molecule has 0 fully saturated rings. The maximum absolute atomic E-state index is 8.19. The van der Waals surface area contributed by atoms with E-state index >= 15 is 0 Å². The second-order valence-corrected chi connectivity index (χ2v) is 24.3. The Balaban J connectivity index is 0.00000275. The first-order chi connectivity index (χ1) is 35.1. The second kappa shape index (κ2) is 16.5. The first kappa shape index (κ1) is 47.5. The van der Waals surface area contributed by atoms with Crippen LogP contribution in [0, 0.1) is 0 Å². The molecule has 0 saturated carbocycles. The molecule has 8 aromatic carbocycles. The van der Waals surface area contributed by atoms with E-state index < -0.39 is 0 Å². The van der Waals surface area contributed by atoms with Gasteiger partial charge in [-0.3, -0.25) is 0 Å². The van der Waals surface area contributed by atoms with Crippen molar-refractivity contribution in [3.63, 3.8) is 0 Å². The normalized spacial score (nSPS) is 13.0. The molecule has 9 nitrogen and oxygen atoms in total. The van der Waals surface area contributed by atoms with Gasteiger partial charge in [-0.15, -0.1) is 0 Å². The summed E-state index contributed by atoms with van der Waals surface area (Å²) in [7, 11) is 0. The van der Waals surface area contributed by atoms with Crippen LogP contribution in [0.5, 0.6) is 0 Å². The molecule has 74 heavy (non-hydrogen) atoms. The Bertz CT molecular complexity index is 4120. The molecule has 0 atom stereocenters. The Labute approximate surface area is 439 Å². The molecule has 363 valence electrons. The fraction of sp³-hybridized carbons (Fsp3) is 0.250. The Morgan fingerprint density at radius 1 is 0.284 bits per heavy atom. The van der Waals surface area contributed by atoms with Crippen molar-refractivity contribution in [1.29, 1.82) is 0 Å².